The molecule has 1 aliphatic carbocycles. The lowest BCUT2D eigenvalue weighted by molar-refractivity contribution is 0.0867. The van der Waals surface area contributed by atoms with E-state index in [2.05, 4.69) is 0 Å². The van der Waals surface area contributed by atoms with E-state index in [9.17, 15) is 9.18 Å². The molecule has 1 aliphatic rings. The van der Waals surface area contributed by atoms with Crippen LogP contribution in [0, 0.1) is 11.2 Å². The molecule has 0 aromatic heterocycles. The summed E-state index contributed by atoms with van der Waals surface area (Å²) in [5.41, 5.74) is 6.21. The molecule has 0 unspecified atom stereocenters. The third-order valence-electron chi connectivity index (χ3n) is 4.36. The normalized spacial score (nSPS) is 17.8. The topological polar surface area (TPSA) is 52.3 Å². The van der Waals surface area contributed by atoms with E-state index in [0.717, 1.165) is 25.7 Å². The molecule has 0 bridgehead atoms. The molecule has 2 rings (SSSR count). The average molecular weight is 279 g/mol. The second kappa shape index (κ2) is 6.35. The fourth-order valence-corrected chi connectivity index (χ4v) is 3.04. The van der Waals surface area contributed by atoms with Crippen molar-refractivity contribution in [2.45, 2.75) is 38.5 Å². The first-order valence-electron chi connectivity index (χ1n) is 7.17. The van der Waals surface area contributed by atoms with E-state index >= 15 is 0 Å². The molecule has 110 valence electrons. The van der Waals surface area contributed by atoms with E-state index in [0.29, 0.717) is 18.5 Å². The van der Waals surface area contributed by atoms with Crippen molar-refractivity contribution >= 4 is 5.78 Å². The summed E-state index contributed by atoms with van der Waals surface area (Å²) in [6, 6.07) is 4.38. The highest BCUT2D eigenvalue weighted by Gasteiger charge is 2.33. The third-order valence-corrected chi connectivity index (χ3v) is 4.36. The highest BCUT2D eigenvalue weighted by molar-refractivity contribution is 5.96. The van der Waals surface area contributed by atoms with E-state index in [1.54, 1.807) is 6.07 Å². The number of hydrogen-bond acceptors (Lipinski definition) is 3. The largest absolute Gasteiger partial charge is 0.494 e. The maximum absolute atomic E-state index is 13.7. The van der Waals surface area contributed by atoms with Crippen molar-refractivity contribution in [2.75, 3.05) is 13.7 Å². The Morgan fingerprint density at radius 1 is 1.35 bits per heavy atom. The highest BCUT2D eigenvalue weighted by atomic mass is 19.1. The number of ether oxygens (including phenoxy) is 1. The van der Waals surface area contributed by atoms with Crippen LogP contribution in [0.1, 0.15) is 48.9 Å². The van der Waals surface area contributed by atoms with Crippen molar-refractivity contribution < 1.29 is 13.9 Å². The molecule has 0 radical (unpaired) electrons. The van der Waals surface area contributed by atoms with Gasteiger partial charge < -0.3 is 10.5 Å². The molecular weight excluding hydrogens is 257 g/mol. The summed E-state index contributed by atoms with van der Waals surface area (Å²) in [4.78, 5) is 12.4. The van der Waals surface area contributed by atoms with Gasteiger partial charge in [0.15, 0.2) is 17.3 Å². The predicted molar refractivity (Wildman–Crippen MR) is 76.5 cm³/mol. The molecule has 1 aromatic rings. The first kappa shape index (κ1) is 15.0. The molecule has 4 heteroatoms. The molecule has 0 saturated heterocycles. The smallest absolute Gasteiger partial charge is 0.165 e. The Kier molecular flexibility index (Phi) is 4.76. The number of hydrogen-bond donors (Lipinski definition) is 1. The zero-order chi connectivity index (χ0) is 14.6. The van der Waals surface area contributed by atoms with Crippen LogP contribution in [0.4, 0.5) is 4.39 Å². The second-order valence-corrected chi connectivity index (χ2v) is 5.71. The lowest BCUT2D eigenvalue weighted by Gasteiger charge is -2.35. The van der Waals surface area contributed by atoms with Crippen LogP contribution in [0.2, 0.25) is 0 Å². The van der Waals surface area contributed by atoms with Gasteiger partial charge in [-0.2, -0.15) is 0 Å². The van der Waals surface area contributed by atoms with E-state index < -0.39 is 5.82 Å². The summed E-state index contributed by atoms with van der Waals surface area (Å²) in [5.74, 6) is -0.365. The van der Waals surface area contributed by atoms with Crippen LogP contribution in [-0.4, -0.2) is 19.4 Å². The van der Waals surface area contributed by atoms with Crippen LogP contribution >= 0.6 is 0 Å². The van der Waals surface area contributed by atoms with Crippen molar-refractivity contribution in [1.29, 1.82) is 0 Å². The minimum atomic E-state index is -0.496. The Labute approximate surface area is 119 Å². The summed E-state index contributed by atoms with van der Waals surface area (Å²) >= 11 is 0. The summed E-state index contributed by atoms with van der Waals surface area (Å²) in [6.45, 7) is 0.525. The van der Waals surface area contributed by atoms with Gasteiger partial charge in [0, 0.05) is 12.0 Å². The minimum absolute atomic E-state index is 0.0288. The molecule has 0 atom stereocenters. The number of rotatable bonds is 5. The van der Waals surface area contributed by atoms with E-state index in [1.165, 1.54) is 25.7 Å². The fraction of sp³-hybridized carbons (Fsp3) is 0.562. The van der Waals surface area contributed by atoms with Crippen molar-refractivity contribution in [3.63, 3.8) is 0 Å². The number of Topliss-reactive ketones (excluding diaryl/α,β-unsaturated/α-hetero) is 1. The number of methoxy groups -OCH3 is 1. The van der Waals surface area contributed by atoms with Gasteiger partial charge in [-0.25, -0.2) is 4.39 Å². The molecule has 0 aliphatic heterocycles. The number of ketones is 1. The Balaban J connectivity index is 2.12. The van der Waals surface area contributed by atoms with E-state index in [-0.39, 0.29) is 16.9 Å². The van der Waals surface area contributed by atoms with Gasteiger partial charge in [0.05, 0.1) is 7.11 Å². The predicted octanol–water partition coefficient (Wildman–Crippen LogP) is 3.32. The second-order valence-electron chi connectivity index (χ2n) is 5.71. The van der Waals surface area contributed by atoms with Crippen LogP contribution < -0.4 is 10.5 Å². The van der Waals surface area contributed by atoms with Gasteiger partial charge in [-0.15, -0.1) is 0 Å². The van der Waals surface area contributed by atoms with E-state index in [4.69, 9.17) is 10.5 Å². The zero-order valence-electron chi connectivity index (χ0n) is 12.0. The molecule has 1 saturated carbocycles. The molecule has 3 nitrogen and oxygen atoms in total. The molecule has 0 amide bonds. The standard InChI is InChI=1S/C16H22FNO2/c1-20-15-6-5-12(9-13(15)17)14(19)10-16(11-18)7-3-2-4-8-16/h5-6,9H,2-4,7-8,10-11,18H2,1H3. The van der Waals surface area contributed by atoms with Crippen molar-refractivity contribution in [3.05, 3.63) is 29.6 Å². The number of benzene rings is 1. The van der Waals surface area contributed by atoms with Crippen molar-refractivity contribution in [2.24, 2.45) is 11.1 Å². The summed E-state index contributed by atoms with van der Waals surface area (Å²) < 4.78 is 18.5. The van der Waals surface area contributed by atoms with Crippen molar-refractivity contribution in [3.8, 4) is 5.75 Å². The maximum Gasteiger partial charge on any atom is 0.165 e. The van der Waals surface area contributed by atoms with Gasteiger partial charge in [-0.05, 0) is 43.0 Å². The van der Waals surface area contributed by atoms with Gasteiger partial charge >= 0.3 is 0 Å². The number of nitrogens with two attached hydrogens (primary N) is 1. The van der Waals surface area contributed by atoms with Crippen LogP contribution in [0.5, 0.6) is 5.75 Å². The molecule has 0 spiro atoms. The zero-order valence-corrected chi connectivity index (χ0v) is 12.0. The summed E-state index contributed by atoms with van der Waals surface area (Å²) in [6.07, 6.45) is 5.87. The van der Waals surface area contributed by atoms with Gasteiger partial charge in [0.25, 0.3) is 0 Å². The Morgan fingerprint density at radius 2 is 2.05 bits per heavy atom. The van der Waals surface area contributed by atoms with Gasteiger partial charge in [-0.1, -0.05) is 19.3 Å². The van der Waals surface area contributed by atoms with Gasteiger partial charge in [0.2, 0.25) is 0 Å². The minimum Gasteiger partial charge on any atom is -0.494 e. The van der Waals surface area contributed by atoms with E-state index in [1.807, 2.05) is 0 Å². The quantitative estimate of drug-likeness (QED) is 0.841. The number of carbonyl (C=O) groups excluding carboxylic acids is 1. The first-order chi connectivity index (χ1) is 9.60. The molecule has 20 heavy (non-hydrogen) atoms. The Morgan fingerprint density at radius 3 is 2.60 bits per heavy atom. The summed E-state index contributed by atoms with van der Waals surface area (Å²) in [7, 11) is 1.41. The molecule has 1 fully saturated rings. The fourth-order valence-electron chi connectivity index (χ4n) is 3.04. The Bertz CT molecular complexity index is 481. The number of halogens is 1. The average Bonchev–Trinajstić information content (AvgIpc) is 2.48. The highest BCUT2D eigenvalue weighted by Crippen LogP contribution is 2.39. The first-order valence-corrected chi connectivity index (χ1v) is 7.17. The van der Waals surface area contributed by atoms with Gasteiger partial charge in [-0.3, -0.25) is 4.79 Å². The SMILES string of the molecule is COc1ccc(C(=O)CC2(CN)CCCCC2)cc1F. The third kappa shape index (κ3) is 3.18. The maximum atomic E-state index is 13.7. The van der Waals surface area contributed by atoms with Crippen LogP contribution in [0.15, 0.2) is 18.2 Å². The molecule has 0 heterocycles. The summed E-state index contributed by atoms with van der Waals surface area (Å²) in [5, 5.41) is 0. The van der Waals surface area contributed by atoms with Gasteiger partial charge in [0.1, 0.15) is 0 Å². The lowest BCUT2D eigenvalue weighted by atomic mass is 9.70. The van der Waals surface area contributed by atoms with Crippen LogP contribution in [0.3, 0.4) is 0 Å². The monoisotopic (exact) mass is 279 g/mol. The van der Waals surface area contributed by atoms with Crippen LogP contribution in [-0.2, 0) is 0 Å². The van der Waals surface area contributed by atoms with Crippen molar-refractivity contribution in [1.82, 2.24) is 0 Å². The Hall–Kier alpha value is -1.42. The lowest BCUT2D eigenvalue weighted by Crippen LogP contribution is -2.35. The molecule has 1 aromatic carbocycles. The molecule has 2 N–H and O–H groups in total. The molecular formula is C16H22FNO2. The number of carbonyl (C=O) groups is 1. The van der Waals surface area contributed by atoms with Crippen LogP contribution in [0.25, 0.3) is 0 Å².